The first kappa shape index (κ1) is 8.69. The third kappa shape index (κ3) is 1.04. The fourth-order valence-electron chi connectivity index (χ4n) is 2.64. The molecule has 1 atom stereocenters. The number of hydrogen-bond donors (Lipinski definition) is 1. The molecule has 1 N–H and O–H groups in total. The molecule has 2 aliphatic rings. The van der Waals surface area contributed by atoms with Crippen molar-refractivity contribution in [3.8, 4) is 0 Å². The van der Waals surface area contributed by atoms with Gasteiger partial charge in [0.15, 0.2) is 0 Å². The minimum atomic E-state index is 0.553. The second kappa shape index (κ2) is 2.94. The van der Waals surface area contributed by atoms with Gasteiger partial charge in [0, 0.05) is 18.3 Å². The molecule has 74 valence electrons. The van der Waals surface area contributed by atoms with Crippen LogP contribution >= 0.6 is 11.6 Å². The summed E-state index contributed by atoms with van der Waals surface area (Å²) in [5.74, 6) is 0. The van der Waals surface area contributed by atoms with Gasteiger partial charge >= 0.3 is 0 Å². The van der Waals surface area contributed by atoms with Gasteiger partial charge in [-0.25, -0.2) is 4.98 Å². The monoisotopic (exact) mass is 208 g/mol. The number of aryl methyl sites for hydroxylation is 1. The molecule has 0 bridgehead atoms. The second-order valence-corrected chi connectivity index (χ2v) is 4.55. The van der Waals surface area contributed by atoms with Crippen LogP contribution in [0.5, 0.6) is 0 Å². The summed E-state index contributed by atoms with van der Waals surface area (Å²) in [5.41, 5.74) is 5.27. The quantitative estimate of drug-likeness (QED) is 0.663. The molecule has 0 spiro atoms. The van der Waals surface area contributed by atoms with E-state index in [0.29, 0.717) is 11.2 Å². The maximum Gasteiger partial charge on any atom is 0.132 e. The van der Waals surface area contributed by atoms with Crippen molar-refractivity contribution in [3.63, 3.8) is 0 Å². The molecule has 14 heavy (non-hydrogen) atoms. The van der Waals surface area contributed by atoms with Crippen LogP contribution in [0.25, 0.3) is 0 Å². The molecule has 1 aromatic rings. The Bertz CT molecular complexity index is 401. The highest BCUT2D eigenvalue weighted by Crippen LogP contribution is 2.38. The molecule has 0 radical (unpaired) electrons. The summed E-state index contributed by atoms with van der Waals surface area (Å²) in [7, 11) is 0. The zero-order chi connectivity index (χ0) is 9.71. The Balaban J connectivity index is 2.28. The Morgan fingerprint density at radius 1 is 1.50 bits per heavy atom. The molecule has 0 aromatic carbocycles. The summed E-state index contributed by atoms with van der Waals surface area (Å²) in [6.07, 6.45) is 3.58. The van der Waals surface area contributed by atoms with Crippen molar-refractivity contribution in [1.82, 2.24) is 10.3 Å². The summed E-state index contributed by atoms with van der Waals surface area (Å²) in [6, 6.07) is 0.553. The third-order valence-electron chi connectivity index (χ3n) is 3.41. The van der Waals surface area contributed by atoms with Crippen molar-refractivity contribution in [2.24, 2.45) is 0 Å². The van der Waals surface area contributed by atoms with Crippen molar-refractivity contribution in [2.45, 2.75) is 38.8 Å². The molecule has 0 fully saturated rings. The summed E-state index contributed by atoms with van der Waals surface area (Å²) in [4.78, 5) is 4.49. The number of rotatable bonds is 0. The maximum atomic E-state index is 6.11. The molecule has 3 heteroatoms. The van der Waals surface area contributed by atoms with E-state index in [1.54, 1.807) is 0 Å². The van der Waals surface area contributed by atoms with E-state index in [0.717, 1.165) is 13.0 Å². The lowest BCUT2D eigenvalue weighted by atomic mass is 9.90. The summed E-state index contributed by atoms with van der Waals surface area (Å²) in [6.45, 7) is 3.05. The lowest BCUT2D eigenvalue weighted by Gasteiger charge is -2.21. The number of nitrogens with one attached hydrogen (secondary N) is 1. The van der Waals surface area contributed by atoms with Crippen LogP contribution < -0.4 is 5.32 Å². The second-order valence-electron chi connectivity index (χ2n) is 4.19. The zero-order valence-corrected chi connectivity index (χ0v) is 8.99. The number of nitrogens with zero attached hydrogens (tertiary/aromatic N) is 1. The van der Waals surface area contributed by atoms with Crippen LogP contribution in [0.15, 0.2) is 0 Å². The number of hydrogen-bond acceptors (Lipinski definition) is 2. The Morgan fingerprint density at radius 3 is 3.21 bits per heavy atom. The van der Waals surface area contributed by atoms with E-state index in [4.69, 9.17) is 11.6 Å². The molecule has 0 saturated heterocycles. The topological polar surface area (TPSA) is 24.9 Å². The Kier molecular flexibility index (Phi) is 1.83. The largest absolute Gasteiger partial charge is 0.306 e. The van der Waals surface area contributed by atoms with Crippen LogP contribution in [0.2, 0.25) is 5.15 Å². The first-order chi connectivity index (χ1) is 6.77. The van der Waals surface area contributed by atoms with Gasteiger partial charge in [-0.15, -0.1) is 0 Å². The third-order valence-corrected chi connectivity index (χ3v) is 3.78. The fourth-order valence-corrected chi connectivity index (χ4v) is 2.86. The van der Waals surface area contributed by atoms with E-state index < -0.39 is 0 Å². The van der Waals surface area contributed by atoms with Gasteiger partial charge in [0.05, 0.1) is 0 Å². The molecule has 2 nitrogen and oxygen atoms in total. The summed E-state index contributed by atoms with van der Waals surface area (Å²) in [5, 5.41) is 4.23. The van der Waals surface area contributed by atoms with Crippen LogP contribution in [-0.4, -0.2) is 4.98 Å². The van der Waals surface area contributed by atoms with E-state index in [1.165, 1.54) is 35.2 Å². The lowest BCUT2D eigenvalue weighted by molar-refractivity contribution is 0.493. The van der Waals surface area contributed by atoms with Gasteiger partial charge in [0.1, 0.15) is 5.15 Å². The van der Waals surface area contributed by atoms with E-state index in [1.807, 2.05) is 0 Å². The van der Waals surface area contributed by atoms with E-state index in [9.17, 15) is 0 Å². The average Bonchev–Trinajstić information content (AvgIpc) is 2.60. The average molecular weight is 209 g/mol. The molecule has 0 amide bonds. The van der Waals surface area contributed by atoms with Crippen LogP contribution in [0.3, 0.4) is 0 Å². The predicted molar refractivity (Wildman–Crippen MR) is 56.5 cm³/mol. The van der Waals surface area contributed by atoms with E-state index in [-0.39, 0.29) is 0 Å². The highest BCUT2D eigenvalue weighted by atomic mass is 35.5. The molecule has 1 aliphatic heterocycles. The lowest BCUT2D eigenvalue weighted by Crippen LogP contribution is -2.17. The SMILES string of the molecule is Cc1c(Cl)nc2c3c1CN[C@H]3CCC2. The fraction of sp³-hybridized carbons (Fsp3) is 0.545. The first-order valence-electron chi connectivity index (χ1n) is 5.18. The van der Waals surface area contributed by atoms with E-state index >= 15 is 0 Å². The Labute approximate surface area is 88.7 Å². The van der Waals surface area contributed by atoms with Crippen molar-refractivity contribution < 1.29 is 0 Å². The van der Waals surface area contributed by atoms with Gasteiger partial charge in [0.25, 0.3) is 0 Å². The van der Waals surface area contributed by atoms with Gasteiger partial charge in [-0.2, -0.15) is 0 Å². The normalized spacial score (nSPS) is 23.7. The molecule has 3 rings (SSSR count). The number of pyridine rings is 1. The Hall–Kier alpha value is -0.600. The highest BCUT2D eigenvalue weighted by Gasteiger charge is 2.30. The van der Waals surface area contributed by atoms with Crippen LogP contribution in [0.4, 0.5) is 0 Å². The molecule has 1 aromatic heterocycles. The van der Waals surface area contributed by atoms with Crippen LogP contribution in [-0.2, 0) is 13.0 Å². The van der Waals surface area contributed by atoms with Crippen LogP contribution in [0, 0.1) is 6.92 Å². The highest BCUT2D eigenvalue weighted by molar-refractivity contribution is 6.30. The minimum absolute atomic E-state index is 0.553. The molecule has 0 saturated carbocycles. The number of halogens is 1. The standard InChI is InChI=1S/C11H13ClN2/c1-6-7-5-13-8-3-2-4-9(10(7)8)14-11(6)12/h8,13H,2-5H2,1H3/t8-/m0/s1. The molecule has 2 heterocycles. The van der Waals surface area contributed by atoms with Gasteiger partial charge in [-0.05, 0) is 42.9 Å². The minimum Gasteiger partial charge on any atom is -0.306 e. The van der Waals surface area contributed by atoms with Gasteiger partial charge in [-0.3, -0.25) is 0 Å². The Morgan fingerprint density at radius 2 is 2.36 bits per heavy atom. The smallest absolute Gasteiger partial charge is 0.132 e. The van der Waals surface area contributed by atoms with Crippen LogP contribution in [0.1, 0.15) is 41.3 Å². The molecular formula is C11H13ClN2. The summed E-state index contributed by atoms with van der Waals surface area (Å²) < 4.78 is 0. The summed E-state index contributed by atoms with van der Waals surface area (Å²) >= 11 is 6.11. The predicted octanol–water partition coefficient (Wildman–Crippen LogP) is 2.52. The first-order valence-corrected chi connectivity index (χ1v) is 5.56. The van der Waals surface area contributed by atoms with Gasteiger partial charge < -0.3 is 5.32 Å². The van der Waals surface area contributed by atoms with Crippen molar-refractivity contribution in [1.29, 1.82) is 0 Å². The molecule has 1 aliphatic carbocycles. The van der Waals surface area contributed by atoms with Crippen molar-refractivity contribution in [2.75, 3.05) is 0 Å². The maximum absolute atomic E-state index is 6.11. The molecular weight excluding hydrogens is 196 g/mol. The van der Waals surface area contributed by atoms with Gasteiger partial charge in [0.2, 0.25) is 0 Å². The van der Waals surface area contributed by atoms with Crippen molar-refractivity contribution >= 4 is 11.6 Å². The molecule has 0 unspecified atom stereocenters. The van der Waals surface area contributed by atoms with Gasteiger partial charge in [-0.1, -0.05) is 11.6 Å². The zero-order valence-electron chi connectivity index (χ0n) is 8.23. The van der Waals surface area contributed by atoms with E-state index in [2.05, 4.69) is 17.2 Å². The van der Waals surface area contributed by atoms with Crippen molar-refractivity contribution in [3.05, 3.63) is 27.5 Å². The number of aromatic nitrogens is 1.